The maximum Gasteiger partial charge on any atom is 0.215 e. The first kappa shape index (κ1) is 11.0. The normalized spacial score (nSPS) is 11.8. The Morgan fingerprint density at radius 1 is 1.28 bits per heavy atom. The van der Waals surface area contributed by atoms with Gasteiger partial charge < -0.3 is 4.98 Å². The highest BCUT2D eigenvalue weighted by molar-refractivity contribution is 5.92. The van der Waals surface area contributed by atoms with Crippen LogP contribution in [-0.2, 0) is 7.05 Å². The minimum absolute atomic E-state index is 0.0584. The number of aromatic nitrogens is 3. The Balaban J connectivity index is 2.60. The highest BCUT2D eigenvalue weighted by Gasteiger charge is 2.13. The summed E-state index contributed by atoms with van der Waals surface area (Å²) >= 11 is 0. The summed E-state index contributed by atoms with van der Waals surface area (Å²) in [7, 11) is 1.79. The molecule has 0 bridgehead atoms. The van der Waals surface area contributed by atoms with Crippen LogP contribution >= 0.6 is 0 Å². The van der Waals surface area contributed by atoms with Gasteiger partial charge >= 0.3 is 0 Å². The molecule has 0 saturated heterocycles. The number of rotatable bonds is 1. The number of benzene rings is 1. The van der Waals surface area contributed by atoms with Crippen LogP contribution in [0.2, 0.25) is 0 Å². The molecule has 1 N–H and O–H groups in total. The number of pyridine rings is 1. The molecule has 0 saturated carbocycles. The lowest BCUT2D eigenvalue weighted by Crippen LogP contribution is -2.10. The number of H-pyrrole nitrogens is 1. The molecule has 0 atom stereocenters. The van der Waals surface area contributed by atoms with E-state index < -0.39 is 0 Å². The summed E-state index contributed by atoms with van der Waals surface area (Å²) in [6.45, 7) is 4.20. The molecule has 0 aliphatic rings. The Bertz CT molecular complexity index is 796. The van der Waals surface area contributed by atoms with E-state index in [-0.39, 0.29) is 5.43 Å². The van der Waals surface area contributed by atoms with E-state index in [1.54, 1.807) is 17.9 Å². The van der Waals surface area contributed by atoms with Crippen molar-refractivity contribution in [1.29, 1.82) is 0 Å². The number of nitrogens with zero attached hydrogens (tertiary/aromatic N) is 2. The number of fused-ring (bicyclic) bond motifs is 2. The van der Waals surface area contributed by atoms with E-state index in [4.69, 9.17) is 0 Å². The van der Waals surface area contributed by atoms with E-state index in [0.717, 1.165) is 22.0 Å². The van der Waals surface area contributed by atoms with Crippen LogP contribution in [-0.4, -0.2) is 14.8 Å². The molecule has 0 amide bonds. The van der Waals surface area contributed by atoms with Crippen LogP contribution < -0.4 is 5.43 Å². The van der Waals surface area contributed by atoms with Crippen molar-refractivity contribution in [3.05, 3.63) is 40.2 Å². The van der Waals surface area contributed by atoms with Crippen molar-refractivity contribution in [1.82, 2.24) is 14.8 Å². The average Bonchev–Trinajstić information content (AvgIpc) is 2.70. The lowest BCUT2D eigenvalue weighted by Gasteiger charge is -2.09. The Morgan fingerprint density at radius 2 is 2.06 bits per heavy atom. The Labute approximate surface area is 104 Å². The van der Waals surface area contributed by atoms with Gasteiger partial charge in [0.05, 0.1) is 22.6 Å². The number of aromatic amines is 1. The van der Waals surface area contributed by atoms with Crippen molar-refractivity contribution >= 4 is 21.9 Å². The van der Waals surface area contributed by atoms with E-state index in [1.165, 1.54) is 0 Å². The van der Waals surface area contributed by atoms with Crippen LogP contribution in [0.4, 0.5) is 0 Å². The standard InChI is InChI=1S/C14H15N3O/c1-8(2)9-5-4-6-10-12(9)14(18)13-11(16-10)7-15-17(13)3/h4-8H,1-3H3,(H,16,18). The zero-order chi connectivity index (χ0) is 12.9. The molecular formula is C14H15N3O. The fourth-order valence-electron chi connectivity index (χ4n) is 2.47. The van der Waals surface area contributed by atoms with Crippen LogP contribution in [0.1, 0.15) is 25.3 Å². The third-order valence-corrected chi connectivity index (χ3v) is 3.37. The van der Waals surface area contributed by atoms with Gasteiger partial charge in [-0.2, -0.15) is 5.10 Å². The predicted octanol–water partition coefficient (Wildman–Crippen LogP) is 2.54. The summed E-state index contributed by atoms with van der Waals surface area (Å²) in [6.07, 6.45) is 1.69. The van der Waals surface area contributed by atoms with Crippen LogP contribution in [0.15, 0.2) is 29.2 Å². The van der Waals surface area contributed by atoms with E-state index >= 15 is 0 Å². The molecule has 2 heterocycles. The molecule has 0 aliphatic carbocycles. The van der Waals surface area contributed by atoms with Gasteiger partial charge in [-0.15, -0.1) is 0 Å². The third kappa shape index (κ3) is 1.38. The molecule has 3 aromatic rings. The Hall–Kier alpha value is -2.10. The zero-order valence-corrected chi connectivity index (χ0v) is 10.7. The van der Waals surface area contributed by atoms with E-state index in [1.807, 2.05) is 18.2 Å². The quantitative estimate of drug-likeness (QED) is 0.711. The Kier molecular flexibility index (Phi) is 2.26. The predicted molar refractivity (Wildman–Crippen MR) is 72.9 cm³/mol. The van der Waals surface area contributed by atoms with Gasteiger partial charge in [-0.1, -0.05) is 26.0 Å². The maximum absolute atomic E-state index is 12.6. The molecular weight excluding hydrogens is 226 g/mol. The van der Waals surface area contributed by atoms with E-state index in [9.17, 15) is 4.79 Å². The van der Waals surface area contributed by atoms with Crippen molar-refractivity contribution in [2.75, 3.05) is 0 Å². The van der Waals surface area contributed by atoms with Crippen molar-refractivity contribution in [3.63, 3.8) is 0 Å². The number of hydrogen-bond donors (Lipinski definition) is 1. The molecule has 1 aromatic carbocycles. The van der Waals surface area contributed by atoms with Crippen LogP contribution in [0, 0.1) is 0 Å². The number of hydrogen-bond acceptors (Lipinski definition) is 2. The van der Waals surface area contributed by atoms with Gasteiger partial charge in [0.1, 0.15) is 5.52 Å². The van der Waals surface area contributed by atoms with Gasteiger partial charge in [0.2, 0.25) is 5.43 Å². The van der Waals surface area contributed by atoms with Crippen LogP contribution in [0.25, 0.3) is 21.9 Å². The summed E-state index contributed by atoms with van der Waals surface area (Å²) in [6, 6.07) is 5.94. The van der Waals surface area contributed by atoms with E-state index in [0.29, 0.717) is 11.4 Å². The van der Waals surface area contributed by atoms with Crippen molar-refractivity contribution in [3.8, 4) is 0 Å². The molecule has 4 nitrogen and oxygen atoms in total. The first-order chi connectivity index (χ1) is 8.59. The second-order valence-electron chi connectivity index (χ2n) is 4.91. The molecule has 0 fully saturated rings. The van der Waals surface area contributed by atoms with Crippen molar-refractivity contribution in [2.45, 2.75) is 19.8 Å². The Morgan fingerprint density at radius 3 is 2.78 bits per heavy atom. The van der Waals surface area contributed by atoms with Gasteiger partial charge in [0.15, 0.2) is 0 Å². The molecule has 0 spiro atoms. The molecule has 4 heteroatoms. The molecule has 0 aliphatic heterocycles. The number of aryl methyl sites for hydroxylation is 1. The van der Waals surface area contributed by atoms with Gasteiger partial charge in [-0.05, 0) is 17.5 Å². The fourth-order valence-corrected chi connectivity index (χ4v) is 2.47. The average molecular weight is 241 g/mol. The van der Waals surface area contributed by atoms with Gasteiger partial charge in [0.25, 0.3) is 0 Å². The topological polar surface area (TPSA) is 50.7 Å². The summed E-state index contributed by atoms with van der Waals surface area (Å²) in [5.41, 5.74) is 3.44. The molecule has 3 rings (SSSR count). The first-order valence-corrected chi connectivity index (χ1v) is 6.06. The van der Waals surface area contributed by atoms with E-state index in [2.05, 4.69) is 23.9 Å². The second-order valence-corrected chi connectivity index (χ2v) is 4.91. The summed E-state index contributed by atoms with van der Waals surface area (Å²) < 4.78 is 1.63. The lowest BCUT2D eigenvalue weighted by molar-refractivity contribution is 0.795. The van der Waals surface area contributed by atoms with Crippen molar-refractivity contribution in [2.24, 2.45) is 7.05 Å². The monoisotopic (exact) mass is 241 g/mol. The molecule has 2 aromatic heterocycles. The molecule has 0 unspecified atom stereocenters. The smallest absolute Gasteiger partial charge is 0.215 e. The fraction of sp³-hybridized carbons (Fsp3) is 0.286. The van der Waals surface area contributed by atoms with Crippen LogP contribution in [0.3, 0.4) is 0 Å². The summed E-state index contributed by atoms with van der Waals surface area (Å²) in [5.74, 6) is 0.320. The largest absolute Gasteiger partial charge is 0.352 e. The highest BCUT2D eigenvalue weighted by Crippen LogP contribution is 2.23. The minimum Gasteiger partial charge on any atom is -0.352 e. The van der Waals surface area contributed by atoms with Crippen LogP contribution in [0.5, 0.6) is 0 Å². The number of nitrogens with one attached hydrogen (secondary N) is 1. The zero-order valence-electron chi connectivity index (χ0n) is 10.7. The summed E-state index contributed by atoms with van der Waals surface area (Å²) in [5, 5.41) is 4.92. The second kappa shape index (κ2) is 3.70. The van der Waals surface area contributed by atoms with Gasteiger partial charge in [-0.3, -0.25) is 9.48 Å². The minimum atomic E-state index is 0.0584. The third-order valence-electron chi connectivity index (χ3n) is 3.37. The molecule has 18 heavy (non-hydrogen) atoms. The highest BCUT2D eigenvalue weighted by atomic mass is 16.1. The molecule has 92 valence electrons. The lowest BCUT2D eigenvalue weighted by atomic mass is 9.98. The van der Waals surface area contributed by atoms with Gasteiger partial charge in [-0.25, -0.2) is 0 Å². The SMILES string of the molecule is CC(C)c1cccc2[nH]c3cnn(C)c3c(=O)c12. The first-order valence-electron chi connectivity index (χ1n) is 6.06. The molecule has 0 radical (unpaired) electrons. The van der Waals surface area contributed by atoms with Gasteiger partial charge in [0, 0.05) is 7.05 Å². The van der Waals surface area contributed by atoms with Crippen molar-refractivity contribution < 1.29 is 0 Å². The summed E-state index contributed by atoms with van der Waals surface area (Å²) in [4.78, 5) is 15.9. The maximum atomic E-state index is 12.6.